The van der Waals surface area contributed by atoms with Crippen molar-refractivity contribution in [1.82, 2.24) is 25.6 Å². The first kappa shape index (κ1) is 25.4. The number of amides is 1. The minimum atomic E-state index is -4.57. The smallest absolute Gasteiger partial charge is 0.343 e. The molecule has 1 fully saturated rings. The SMILES string of the molecule is N#CC1(c2cc(Nc3nc(Nc4ccc5c(c4)CNCC5)ncc3C(=O)NCC(F)(F)F)ccn2)CCC1. The number of benzene rings is 1. The van der Waals surface area contributed by atoms with Crippen LogP contribution in [0.15, 0.2) is 42.7 Å². The average molecular weight is 523 g/mol. The van der Waals surface area contributed by atoms with Gasteiger partial charge in [0.05, 0.1) is 17.2 Å². The standard InChI is InChI=1S/C26H25F3N8O/c27-26(28,29)15-34-23(38)20-13-33-24(36-18-3-2-16-4-8-31-12-17(16)10-18)37-22(20)35-19-5-9-32-21(11-19)25(14-30)6-1-7-25/h2-3,5,9-11,13,31H,1,4,6-8,12,15H2,(H,34,38)(H2,32,33,35,36,37). The summed E-state index contributed by atoms with van der Waals surface area (Å²) >= 11 is 0. The third kappa shape index (κ3) is 5.52. The second kappa shape index (κ2) is 10.3. The van der Waals surface area contributed by atoms with Crippen molar-refractivity contribution in [2.24, 2.45) is 0 Å². The molecule has 4 N–H and O–H groups in total. The van der Waals surface area contributed by atoms with Crippen LogP contribution in [0.3, 0.4) is 0 Å². The number of alkyl halides is 3. The molecule has 0 unspecified atom stereocenters. The number of nitrogens with zero attached hydrogens (tertiary/aromatic N) is 4. The molecule has 2 aliphatic rings. The van der Waals surface area contributed by atoms with Crippen LogP contribution in [0.4, 0.5) is 36.3 Å². The molecule has 196 valence electrons. The molecule has 1 aromatic carbocycles. The maximum atomic E-state index is 12.7. The summed E-state index contributed by atoms with van der Waals surface area (Å²) in [5, 5.41) is 21.0. The Bertz CT molecular complexity index is 1400. The first-order chi connectivity index (χ1) is 18.2. The number of carbonyl (C=O) groups excluding carboxylic acids is 1. The second-order valence-corrected chi connectivity index (χ2v) is 9.39. The topological polar surface area (TPSA) is 128 Å². The highest BCUT2D eigenvalue weighted by Gasteiger charge is 2.40. The number of nitriles is 1. The lowest BCUT2D eigenvalue weighted by Gasteiger charge is -2.34. The number of rotatable bonds is 7. The molecule has 5 rings (SSSR count). The maximum absolute atomic E-state index is 12.7. The number of hydrogen-bond donors (Lipinski definition) is 4. The third-order valence-corrected chi connectivity index (χ3v) is 6.77. The maximum Gasteiger partial charge on any atom is 0.405 e. The van der Waals surface area contributed by atoms with Crippen molar-refractivity contribution in [3.05, 3.63) is 65.1 Å². The first-order valence-corrected chi connectivity index (χ1v) is 12.2. The Morgan fingerprint density at radius 3 is 2.66 bits per heavy atom. The Balaban J connectivity index is 1.44. The number of nitrogens with one attached hydrogen (secondary N) is 4. The van der Waals surface area contributed by atoms with E-state index in [0.29, 0.717) is 24.2 Å². The van der Waals surface area contributed by atoms with E-state index in [1.54, 1.807) is 18.3 Å². The van der Waals surface area contributed by atoms with Gasteiger partial charge in [-0.3, -0.25) is 9.78 Å². The molecule has 3 aromatic rings. The summed E-state index contributed by atoms with van der Waals surface area (Å²) in [5.74, 6) is -0.804. The molecule has 12 heteroatoms. The third-order valence-electron chi connectivity index (χ3n) is 6.77. The Labute approximate surface area is 216 Å². The summed E-state index contributed by atoms with van der Waals surface area (Å²) in [7, 11) is 0. The van der Waals surface area contributed by atoms with E-state index in [2.05, 4.69) is 37.0 Å². The van der Waals surface area contributed by atoms with Gasteiger partial charge in [0.1, 0.15) is 17.9 Å². The minimum absolute atomic E-state index is 0.0126. The van der Waals surface area contributed by atoms with Crippen LogP contribution in [0.5, 0.6) is 0 Å². The zero-order valence-electron chi connectivity index (χ0n) is 20.3. The van der Waals surface area contributed by atoms with Gasteiger partial charge in [0, 0.05) is 30.3 Å². The molecule has 0 bridgehead atoms. The van der Waals surface area contributed by atoms with Crippen LogP contribution >= 0.6 is 0 Å². The molecule has 0 atom stereocenters. The normalized spacial score (nSPS) is 15.9. The van der Waals surface area contributed by atoms with Gasteiger partial charge in [-0.25, -0.2) is 4.98 Å². The number of pyridine rings is 1. The van der Waals surface area contributed by atoms with Crippen LogP contribution in [0.1, 0.15) is 46.4 Å². The van der Waals surface area contributed by atoms with Gasteiger partial charge in [-0.1, -0.05) is 6.07 Å². The van der Waals surface area contributed by atoms with Gasteiger partial charge < -0.3 is 21.3 Å². The highest BCUT2D eigenvalue weighted by molar-refractivity contribution is 5.99. The Morgan fingerprint density at radius 2 is 1.92 bits per heavy atom. The Hall–Kier alpha value is -4.24. The summed E-state index contributed by atoms with van der Waals surface area (Å²) in [4.78, 5) is 25.6. The Kier molecular flexibility index (Phi) is 6.86. The quantitative estimate of drug-likeness (QED) is 0.363. The number of carbonyl (C=O) groups is 1. The van der Waals surface area contributed by atoms with Gasteiger partial charge in [0.15, 0.2) is 0 Å². The summed E-state index contributed by atoms with van der Waals surface area (Å²) in [6.45, 7) is 0.173. The first-order valence-electron chi connectivity index (χ1n) is 12.2. The number of aromatic nitrogens is 3. The molecule has 9 nitrogen and oxygen atoms in total. The van der Waals surface area contributed by atoms with E-state index in [0.717, 1.165) is 37.2 Å². The van der Waals surface area contributed by atoms with Gasteiger partial charge in [0.25, 0.3) is 5.91 Å². The number of halogens is 3. The van der Waals surface area contributed by atoms with E-state index in [9.17, 15) is 23.2 Å². The van der Waals surface area contributed by atoms with Crippen LogP contribution in [-0.4, -0.2) is 40.1 Å². The molecule has 0 spiro atoms. The van der Waals surface area contributed by atoms with E-state index < -0.39 is 24.0 Å². The number of anilines is 4. The van der Waals surface area contributed by atoms with Gasteiger partial charge in [-0.05, 0) is 67.6 Å². The summed E-state index contributed by atoms with van der Waals surface area (Å²) < 4.78 is 38.2. The molecule has 0 radical (unpaired) electrons. The van der Waals surface area contributed by atoms with Crippen molar-refractivity contribution in [2.45, 2.75) is 43.8 Å². The van der Waals surface area contributed by atoms with Crippen molar-refractivity contribution >= 4 is 29.0 Å². The van der Waals surface area contributed by atoms with Crippen molar-refractivity contribution in [3.63, 3.8) is 0 Å². The molecule has 1 aliphatic carbocycles. The lowest BCUT2D eigenvalue weighted by molar-refractivity contribution is -0.123. The predicted molar refractivity (Wildman–Crippen MR) is 134 cm³/mol. The summed E-state index contributed by atoms with van der Waals surface area (Å²) in [5.41, 5.74) is 3.40. The average Bonchev–Trinajstić information content (AvgIpc) is 2.87. The fourth-order valence-electron chi connectivity index (χ4n) is 4.53. The van der Waals surface area contributed by atoms with E-state index in [4.69, 9.17) is 0 Å². The largest absolute Gasteiger partial charge is 0.405 e. The summed E-state index contributed by atoms with van der Waals surface area (Å²) in [6.07, 6.45) is 1.40. The van der Waals surface area contributed by atoms with Crippen LogP contribution in [0, 0.1) is 11.3 Å². The monoisotopic (exact) mass is 522 g/mol. The number of hydrogen-bond acceptors (Lipinski definition) is 8. The van der Waals surface area contributed by atoms with Crippen LogP contribution < -0.4 is 21.3 Å². The molecular formula is C26H25F3N8O. The van der Waals surface area contributed by atoms with E-state index in [-0.39, 0.29) is 17.3 Å². The van der Waals surface area contributed by atoms with Crippen molar-refractivity contribution in [1.29, 1.82) is 5.26 Å². The van der Waals surface area contributed by atoms with Crippen molar-refractivity contribution in [3.8, 4) is 6.07 Å². The zero-order chi connectivity index (χ0) is 26.8. The summed E-state index contributed by atoms with van der Waals surface area (Å²) in [6, 6.07) is 11.6. The van der Waals surface area contributed by atoms with E-state index in [1.807, 2.05) is 23.5 Å². The lowest BCUT2D eigenvalue weighted by atomic mass is 9.67. The fraction of sp³-hybridized carbons (Fsp3) is 0.346. The van der Waals surface area contributed by atoms with Crippen LogP contribution in [0.2, 0.25) is 0 Å². The minimum Gasteiger partial charge on any atom is -0.343 e. The van der Waals surface area contributed by atoms with Gasteiger partial charge in [-0.15, -0.1) is 0 Å². The fourth-order valence-corrected chi connectivity index (χ4v) is 4.53. The van der Waals surface area contributed by atoms with E-state index in [1.165, 1.54) is 11.8 Å². The Morgan fingerprint density at radius 1 is 1.11 bits per heavy atom. The molecule has 2 aromatic heterocycles. The van der Waals surface area contributed by atoms with Crippen LogP contribution in [0.25, 0.3) is 0 Å². The van der Waals surface area contributed by atoms with Gasteiger partial charge in [-0.2, -0.15) is 23.4 Å². The van der Waals surface area contributed by atoms with Crippen molar-refractivity contribution < 1.29 is 18.0 Å². The lowest BCUT2D eigenvalue weighted by Crippen LogP contribution is -2.34. The van der Waals surface area contributed by atoms with Gasteiger partial charge >= 0.3 is 6.18 Å². The number of fused-ring (bicyclic) bond motifs is 1. The highest BCUT2D eigenvalue weighted by atomic mass is 19.4. The van der Waals surface area contributed by atoms with Crippen LogP contribution in [-0.2, 0) is 18.4 Å². The molecule has 0 saturated heterocycles. The molecule has 1 aliphatic heterocycles. The molecule has 38 heavy (non-hydrogen) atoms. The van der Waals surface area contributed by atoms with E-state index >= 15 is 0 Å². The van der Waals surface area contributed by atoms with Gasteiger partial charge in [0.2, 0.25) is 5.95 Å². The predicted octanol–water partition coefficient (Wildman–Crippen LogP) is 4.24. The van der Waals surface area contributed by atoms with Crippen molar-refractivity contribution in [2.75, 3.05) is 23.7 Å². The molecule has 1 saturated carbocycles. The second-order valence-electron chi connectivity index (χ2n) is 9.39. The molecular weight excluding hydrogens is 497 g/mol. The zero-order valence-corrected chi connectivity index (χ0v) is 20.3. The molecule has 1 amide bonds. The molecule has 3 heterocycles. The highest BCUT2D eigenvalue weighted by Crippen LogP contribution is 2.42.